The molecule has 0 fully saturated rings. The molecule has 0 bridgehead atoms. The van der Waals surface area contributed by atoms with Crippen molar-refractivity contribution in [3.05, 3.63) is 60.7 Å². The third-order valence-electron chi connectivity index (χ3n) is 3.17. The van der Waals surface area contributed by atoms with Gasteiger partial charge in [0.25, 0.3) is 0 Å². The Morgan fingerprint density at radius 2 is 1.63 bits per heavy atom. The molecule has 3 aromatic rings. The van der Waals surface area contributed by atoms with Gasteiger partial charge in [-0.2, -0.15) is 0 Å². The molecule has 0 aliphatic rings. The summed E-state index contributed by atoms with van der Waals surface area (Å²) in [5, 5.41) is 2.47. The van der Waals surface area contributed by atoms with Crippen LogP contribution in [-0.4, -0.2) is 4.98 Å². The van der Waals surface area contributed by atoms with Gasteiger partial charge in [-0.15, -0.1) is 0 Å². The summed E-state index contributed by atoms with van der Waals surface area (Å²) in [7, 11) is 0. The number of hydrogen-bond acceptors (Lipinski definition) is 0. The van der Waals surface area contributed by atoms with Crippen LogP contribution in [0.25, 0.3) is 34.0 Å². The molecule has 0 aliphatic heterocycles. The van der Waals surface area contributed by atoms with E-state index < -0.39 is 0 Å². The van der Waals surface area contributed by atoms with Crippen LogP contribution < -0.4 is 0 Å². The fourth-order valence-corrected chi connectivity index (χ4v) is 2.38. The van der Waals surface area contributed by atoms with Gasteiger partial charge in [0.15, 0.2) is 0 Å². The second-order valence-corrected chi connectivity index (χ2v) is 4.07. The van der Waals surface area contributed by atoms with Crippen molar-refractivity contribution in [1.82, 2.24) is 4.98 Å². The maximum absolute atomic E-state index is 3.91. The first kappa shape index (κ1) is 13.2. The molecule has 0 saturated carbocycles. The smallest absolute Gasteiger partial charge is 0.0471 e. The van der Waals surface area contributed by atoms with Crippen LogP contribution in [0.5, 0.6) is 0 Å². The van der Waals surface area contributed by atoms with Crippen LogP contribution in [0.4, 0.5) is 0 Å². The van der Waals surface area contributed by atoms with E-state index >= 15 is 0 Å². The summed E-state index contributed by atoms with van der Waals surface area (Å²) in [6.45, 7) is 11.8. The van der Waals surface area contributed by atoms with Crippen LogP contribution in [0.1, 0.15) is 25.0 Å². The van der Waals surface area contributed by atoms with Gasteiger partial charge in [-0.25, -0.2) is 0 Å². The van der Waals surface area contributed by atoms with Gasteiger partial charge < -0.3 is 4.98 Å². The summed E-state index contributed by atoms with van der Waals surface area (Å²) in [5.74, 6) is 0. The minimum absolute atomic E-state index is 1.12. The molecular formula is C18H19N. The van der Waals surface area contributed by atoms with Crippen molar-refractivity contribution in [2.24, 2.45) is 0 Å². The van der Waals surface area contributed by atoms with E-state index in [1.807, 2.05) is 32.1 Å². The van der Waals surface area contributed by atoms with Crippen molar-refractivity contribution in [2.75, 3.05) is 0 Å². The molecule has 1 N–H and O–H groups in total. The second kappa shape index (κ2) is 5.57. The Kier molecular flexibility index (Phi) is 3.86. The van der Waals surface area contributed by atoms with Crippen molar-refractivity contribution in [3.8, 4) is 0 Å². The lowest BCUT2D eigenvalue weighted by Crippen LogP contribution is -1.81. The number of aromatic amines is 1. The lowest BCUT2D eigenvalue weighted by atomic mass is 10.0. The zero-order valence-electron chi connectivity index (χ0n) is 11.5. The van der Waals surface area contributed by atoms with Crippen molar-refractivity contribution in [2.45, 2.75) is 13.8 Å². The molecule has 0 amide bonds. The monoisotopic (exact) mass is 249 g/mol. The van der Waals surface area contributed by atoms with Crippen molar-refractivity contribution >= 4 is 34.0 Å². The zero-order chi connectivity index (χ0) is 13.8. The van der Waals surface area contributed by atoms with Crippen molar-refractivity contribution in [1.29, 1.82) is 0 Å². The van der Waals surface area contributed by atoms with Crippen molar-refractivity contribution in [3.63, 3.8) is 0 Å². The van der Waals surface area contributed by atoms with E-state index in [0.717, 1.165) is 22.2 Å². The molecule has 0 saturated heterocycles. The lowest BCUT2D eigenvalue weighted by molar-refractivity contribution is 1.50. The molecule has 0 radical (unpaired) electrons. The van der Waals surface area contributed by atoms with Crippen molar-refractivity contribution < 1.29 is 0 Å². The Morgan fingerprint density at radius 3 is 2.32 bits per heavy atom. The topological polar surface area (TPSA) is 15.8 Å². The predicted molar refractivity (Wildman–Crippen MR) is 87.3 cm³/mol. The van der Waals surface area contributed by atoms with E-state index in [4.69, 9.17) is 0 Å². The van der Waals surface area contributed by atoms with Crippen LogP contribution in [0, 0.1) is 0 Å². The van der Waals surface area contributed by atoms with E-state index in [1.165, 1.54) is 10.8 Å². The standard InChI is InChI=1S/C16H13N.C2H6/c1-3-11-9-10-15-16(12(11)4-2)13-7-5-6-8-14(13)17-15;1-2/h3-10,17H,1-2H2;1-2H3. The van der Waals surface area contributed by atoms with E-state index in [2.05, 4.69) is 48.5 Å². The molecule has 2 aromatic carbocycles. The average Bonchev–Trinajstić information content (AvgIpc) is 2.86. The summed E-state index contributed by atoms with van der Waals surface area (Å²) in [4.78, 5) is 3.42. The fraction of sp³-hybridized carbons (Fsp3) is 0.111. The van der Waals surface area contributed by atoms with Crippen LogP contribution in [0.15, 0.2) is 49.6 Å². The maximum atomic E-state index is 3.91. The first-order valence-electron chi connectivity index (χ1n) is 6.63. The molecule has 1 nitrogen and oxygen atoms in total. The number of aromatic nitrogens is 1. The Hall–Kier alpha value is -2.28. The minimum atomic E-state index is 1.12. The molecule has 0 unspecified atom stereocenters. The summed E-state index contributed by atoms with van der Waals surface area (Å²) in [6, 6.07) is 12.5. The number of hydrogen-bond donors (Lipinski definition) is 1. The molecular weight excluding hydrogens is 230 g/mol. The van der Waals surface area contributed by atoms with Crippen LogP contribution in [0.3, 0.4) is 0 Å². The highest BCUT2D eigenvalue weighted by molar-refractivity contribution is 6.12. The molecule has 1 heterocycles. The van der Waals surface area contributed by atoms with Gasteiger partial charge in [0.1, 0.15) is 0 Å². The number of benzene rings is 2. The summed E-state index contributed by atoms with van der Waals surface area (Å²) >= 11 is 0. The Morgan fingerprint density at radius 1 is 0.895 bits per heavy atom. The highest BCUT2D eigenvalue weighted by atomic mass is 14.7. The second-order valence-electron chi connectivity index (χ2n) is 4.07. The highest BCUT2D eigenvalue weighted by Gasteiger charge is 2.08. The van der Waals surface area contributed by atoms with Gasteiger partial charge in [0.2, 0.25) is 0 Å². The van der Waals surface area contributed by atoms with Gasteiger partial charge in [-0.05, 0) is 23.3 Å². The highest BCUT2D eigenvalue weighted by Crippen LogP contribution is 2.31. The first-order valence-corrected chi connectivity index (χ1v) is 6.63. The molecule has 19 heavy (non-hydrogen) atoms. The van der Waals surface area contributed by atoms with Gasteiger partial charge in [0, 0.05) is 21.8 Å². The Bertz CT molecular complexity index is 732. The van der Waals surface area contributed by atoms with E-state index in [9.17, 15) is 0 Å². The number of rotatable bonds is 2. The molecule has 0 aliphatic carbocycles. The zero-order valence-corrected chi connectivity index (χ0v) is 11.5. The molecule has 3 rings (SSSR count). The quantitative estimate of drug-likeness (QED) is 0.605. The van der Waals surface area contributed by atoms with E-state index in [-0.39, 0.29) is 0 Å². The van der Waals surface area contributed by atoms with Crippen LogP contribution in [0.2, 0.25) is 0 Å². The number of para-hydroxylation sites is 1. The van der Waals surface area contributed by atoms with Crippen LogP contribution in [-0.2, 0) is 0 Å². The molecule has 1 heteroatoms. The first-order chi connectivity index (χ1) is 9.35. The largest absolute Gasteiger partial charge is 0.354 e. The number of fused-ring (bicyclic) bond motifs is 3. The average molecular weight is 249 g/mol. The number of H-pyrrole nitrogens is 1. The van der Waals surface area contributed by atoms with E-state index in [0.29, 0.717) is 0 Å². The Labute approximate surface area is 114 Å². The van der Waals surface area contributed by atoms with Gasteiger partial charge in [0.05, 0.1) is 0 Å². The fourth-order valence-electron chi connectivity index (χ4n) is 2.38. The third kappa shape index (κ3) is 2.08. The summed E-state index contributed by atoms with van der Waals surface area (Å²) in [5.41, 5.74) is 4.57. The number of nitrogens with one attached hydrogen (secondary N) is 1. The van der Waals surface area contributed by atoms with E-state index in [1.54, 1.807) is 0 Å². The maximum Gasteiger partial charge on any atom is 0.0471 e. The van der Waals surface area contributed by atoms with Gasteiger partial charge in [-0.3, -0.25) is 0 Å². The summed E-state index contributed by atoms with van der Waals surface area (Å²) < 4.78 is 0. The molecule has 0 spiro atoms. The molecule has 0 atom stereocenters. The lowest BCUT2D eigenvalue weighted by Gasteiger charge is -2.03. The molecule has 96 valence electrons. The molecule has 1 aromatic heterocycles. The Balaban J connectivity index is 0.000000637. The predicted octanol–water partition coefficient (Wildman–Crippen LogP) is 5.63. The van der Waals surface area contributed by atoms with Gasteiger partial charge >= 0.3 is 0 Å². The van der Waals surface area contributed by atoms with Gasteiger partial charge in [-0.1, -0.05) is 63.4 Å². The summed E-state index contributed by atoms with van der Waals surface area (Å²) in [6.07, 6.45) is 3.78. The van der Waals surface area contributed by atoms with Crippen LogP contribution >= 0.6 is 0 Å². The third-order valence-corrected chi connectivity index (χ3v) is 3.17. The SMILES string of the molecule is C=Cc1ccc2[nH]c3ccccc3c2c1C=C.CC. The normalized spacial score (nSPS) is 10.0. The minimum Gasteiger partial charge on any atom is -0.354 e.